The van der Waals surface area contributed by atoms with Crippen molar-refractivity contribution in [2.24, 2.45) is 0 Å². The van der Waals surface area contributed by atoms with Crippen molar-refractivity contribution in [1.82, 2.24) is 15.5 Å². The summed E-state index contributed by atoms with van der Waals surface area (Å²) in [6.45, 7) is 9.52. The average molecular weight is 417 g/mol. The van der Waals surface area contributed by atoms with Gasteiger partial charge in [0.15, 0.2) is 0 Å². The number of carbonyl (C=O) groups is 4. The molecule has 1 aliphatic rings. The van der Waals surface area contributed by atoms with Crippen LogP contribution in [-0.4, -0.2) is 81.7 Å². The number of carbonyl (C=O) groups excluding carboxylic acids is 3. The number of nitrogens with one attached hydrogen (secondary N) is 2. The third-order valence-corrected chi connectivity index (χ3v) is 3.70. The molecule has 0 aliphatic carbocycles. The molecule has 0 saturated carbocycles. The van der Waals surface area contributed by atoms with Crippen molar-refractivity contribution in [2.75, 3.05) is 13.1 Å². The van der Waals surface area contributed by atoms with Gasteiger partial charge in [0, 0.05) is 19.0 Å². The zero-order valence-corrected chi connectivity index (χ0v) is 17.6. The highest BCUT2D eigenvalue weighted by molar-refractivity contribution is 5.84. The van der Waals surface area contributed by atoms with E-state index in [0.29, 0.717) is 0 Å². The van der Waals surface area contributed by atoms with Crippen LogP contribution in [0.1, 0.15) is 48.0 Å². The second kappa shape index (κ2) is 9.29. The molecule has 3 amide bonds. The Balaban J connectivity index is 2.61. The van der Waals surface area contributed by atoms with Crippen LogP contribution < -0.4 is 10.6 Å². The highest BCUT2D eigenvalue weighted by Gasteiger charge is 2.42. The lowest BCUT2D eigenvalue weighted by atomic mass is 10.1. The molecule has 3 atom stereocenters. The van der Waals surface area contributed by atoms with E-state index >= 15 is 0 Å². The largest absolute Gasteiger partial charge is 0.480 e. The fourth-order valence-corrected chi connectivity index (χ4v) is 2.58. The van der Waals surface area contributed by atoms with Gasteiger partial charge in [-0.2, -0.15) is 0 Å². The molecule has 0 aromatic rings. The minimum absolute atomic E-state index is 0.0352. The molecule has 29 heavy (non-hydrogen) atoms. The minimum Gasteiger partial charge on any atom is -0.480 e. The number of rotatable bonds is 5. The summed E-state index contributed by atoms with van der Waals surface area (Å²) in [6, 6.07) is -1.85. The molecular formula is C18H31N3O8. The fourth-order valence-electron chi connectivity index (χ4n) is 2.58. The second-order valence-electron chi connectivity index (χ2n) is 8.83. The fraction of sp³-hybridized carbons (Fsp3) is 0.778. The SMILES string of the molecule is CC(C)(C)OC(=O)NC[C@H](O)C(=O)NC1C[C@@H](C(=O)O)N(C(=O)OC(C)(C)C)C1. The Morgan fingerprint density at radius 1 is 1.07 bits per heavy atom. The van der Waals surface area contributed by atoms with Crippen LogP contribution >= 0.6 is 0 Å². The molecule has 0 aromatic heterocycles. The lowest BCUT2D eigenvalue weighted by Gasteiger charge is -2.26. The average Bonchev–Trinajstić information content (AvgIpc) is 2.93. The van der Waals surface area contributed by atoms with E-state index in [1.165, 1.54) is 0 Å². The van der Waals surface area contributed by atoms with Gasteiger partial charge >= 0.3 is 18.2 Å². The van der Waals surface area contributed by atoms with Crippen molar-refractivity contribution < 1.29 is 38.9 Å². The molecule has 1 heterocycles. The second-order valence-corrected chi connectivity index (χ2v) is 8.83. The van der Waals surface area contributed by atoms with E-state index in [2.05, 4.69) is 10.6 Å². The van der Waals surface area contributed by atoms with E-state index in [4.69, 9.17) is 9.47 Å². The highest BCUT2D eigenvalue weighted by atomic mass is 16.6. The molecule has 0 bridgehead atoms. The van der Waals surface area contributed by atoms with Gasteiger partial charge in [-0.15, -0.1) is 0 Å². The van der Waals surface area contributed by atoms with E-state index in [-0.39, 0.29) is 19.5 Å². The van der Waals surface area contributed by atoms with Crippen LogP contribution in [0, 0.1) is 0 Å². The number of amides is 3. The number of hydrogen-bond acceptors (Lipinski definition) is 7. The molecule has 1 fully saturated rings. The smallest absolute Gasteiger partial charge is 0.411 e. The molecule has 1 unspecified atom stereocenters. The molecule has 166 valence electrons. The molecule has 1 aliphatic heterocycles. The molecular weight excluding hydrogens is 386 g/mol. The Kier molecular flexibility index (Phi) is 7.84. The number of ether oxygens (including phenoxy) is 2. The Morgan fingerprint density at radius 2 is 1.62 bits per heavy atom. The summed E-state index contributed by atoms with van der Waals surface area (Å²) in [5, 5.41) is 24.0. The Labute approximate surface area is 169 Å². The molecule has 0 aromatic carbocycles. The molecule has 4 N–H and O–H groups in total. The predicted molar refractivity (Wildman–Crippen MR) is 101 cm³/mol. The van der Waals surface area contributed by atoms with Gasteiger partial charge in [0.2, 0.25) is 0 Å². The van der Waals surface area contributed by atoms with E-state index in [1.54, 1.807) is 41.5 Å². The van der Waals surface area contributed by atoms with Gasteiger partial charge in [-0.1, -0.05) is 0 Å². The van der Waals surface area contributed by atoms with Crippen LogP contribution in [0.25, 0.3) is 0 Å². The molecule has 11 nitrogen and oxygen atoms in total. The number of alkyl carbamates (subject to hydrolysis) is 1. The van der Waals surface area contributed by atoms with Crippen LogP contribution in [0.3, 0.4) is 0 Å². The van der Waals surface area contributed by atoms with Crippen LogP contribution in [0.5, 0.6) is 0 Å². The molecule has 11 heteroatoms. The van der Waals surface area contributed by atoms with E-state index in [0.717, 1.165) is 4.90 Å². The Hall–Kier alpha value is -2.56. The summed E-state index contributed by atoms with van der Waals surface area (Å²) in [7, 11) is 0. The third kappa shape index (κ3) is 8.55. The van der Waals surface area contributed by atoms with Crippen molar-refractivity contribution in [3.8, 4) is 0 Å². The van der Waals surface area contributed by atoms with Gasteiger partial charge in [-0.25, -0.2) is 14.4 Å². The maximum absolute atomic E-state index is 12.2. The topological polar surface area (TPSA) is 154 Å². The highest BCUT2D eigenvalue weighted by Crippen LogP contribution is 2.21. The first kappa shape index (κ1) is 24.5. The number of aliphatic hydroxyl groups excluding tert-OH is 1. The summed E-state index contributed by atoms with van der Waals surface area (Å²) in [5.74, 6) is -2.03. The van der Waals surface area contributed by atoms with Crippen molar-refractivity contribution in [1.29, 1.82) is 0 Å². The van der Waals surface area contributed by atoms with Crippen molar-refractivity contribution in [3.63, 3.8) is 0 Å². The summed E-state index contributed by atoms with van der Waals surface area (Å²) in [5.41, 5.74) is -1.52. The standard InChI is InChI=1S/C18H31N3O8/c1-17(2,3)28-15(26)19-8-12(22)13(23)20-10-7-11(14(24)25)21(9-10)16(27)29-18(4,5)6/h10-12,22H,7-9H2,1-6H3,(H,19,26)(H,20,23)(H,24,25)/t10?,11-,12-/m0/s1. The van der Waals surface area contributed by atoms with Crippen molar-refractivity contribution >= 4 is 24.1 Å². The van der Waals surface area contributed by atoms with Gasteiger partial charge < -0.3 is 30.3 Å². The number of nitrogens with zero attached hydrogens (tertiary/aromatic N) is 1. The normalized spacial score (nSPS) is 20.6. The first-order valence-corrected chi connectivity index (χ1v) is 9.27. The molecule has 1 rings (SSSR count). The number of carboxylic acids is 1. The summed E-state index contributed by atoms with van der Waals surface area (Å²) in [6.07, 6.45) is -3.19. The monoisotopic (exact) mass is 417 g/mol. The zero-order chi connectivity index (χ0) is 22.6. The van der Waals surface area contributed by atoms with Crippen molar-refractivity contribution in [3.05, 3.63) is 0 Å². The van der Waals surface area contributed by atoms with E-state index in [9.17, 15) is 29.4 Å². The first-order chi connectivity index (χ1) is 13.1. The molecule has 0 radical (unpaired) electrons. The van der Waals surface area contributed by atoms with Crippen LogP contribution in [0.2, 0.25) is 0 Å². The minimum atomic E-state index is -1.57. The zero-order valence-electron chi connectivity index (χ0n) is 17.6. The summed E-state index contributed by atoms with van der Waals surface area (Å²) >= 11 is 0. The number of hydrogen-bond donors (Lipinski definition) is 4. The lowest BCUT2D eigenvalue weighted by Crippen LogP contribution is -2.48. The Bertz CT molecular complexity index is 638. The van der Waals surface area contributed by atoms with E-state index in [1.807, 2.05) is 0 Å². The van der Waals surface area contributed by atoms with Gasteiger partial charge in [0.1, 0.15) is 23.3 Å². The molecule has 1 saturated heterocycles. The first-order valence-electron chi connectivity index (χ1n) is 9.27. The van der Waals surface area contributed by atoms with Crippen LogP contribution in [0.4, 0.5) is 9.59 Å². The van der Waals surface area contributed by atoms with Gasteiger partial charge in [-0.3, -0.25) is 9.69 Å². The summed E-state index contributed by atoms with van der Waals surface area (Å²) < 4.78 is 10.2. The quantitative estimate of drug-likeness (QED) is 0.503. The van der Waals surface area contributed by atoms with Gasteiger partial charge in [-0.05, 0) is 41.5 Å². The van der Waals surface area contributed by atoms with Gasteiger partial charge in [0.25, 0.3) is 5.91 Å². The van der Waals surface area contributed by atoms with Gasteiger partial charge in [0.05, 0.1) is 6.54 Å². The van der Waals surface area contributed by atoms with Crippen LogP contribution in [-0.2, 0) is 19.1 Å². The Morgan fingerprint density at radius 3 is 2.10 bits per heavy atom. The number of likely N-dealkylation sites (tertiary alicyclic amines) is 1. The van der Waals surface area contributed by atoms with E-state index < -0.39 is 53.5 Å². The maximum atomic E-state index is 12.2. The third-order valence-electron chi connectivity index (χ3n) is 3.70. The predicted octanol–water partition coefficient (Wildman–Crippen LogP) is 0.451. The number of carboxylic acid groups (broad SMARTS) is 1. The summed E-state index contributed by atoms with van der Waals surface area (Å²) in [4.78, 5) is 48.5. The number of aliphatic carboxylic acids is 1. The maximum Gasteiger partial charge on any atom is 0.411 e. The lowest BCUT2D eigenvalue weighted by molar-refractivity contribution is -0.142. The number of aliphatic hydroxyl groups is 1. The van der Waals surface area contributed by atoms with Crippen LogP contribution in [0.15, 0.2) is 0 Å². The van der Waals surface area contributed by atoms with Crippen molar-refractivity contribution in [2.45, 2.75) is 77.4 Å². The molecule has 0 spiro atoms.